The summed E-state index contributed by atoms with van der Waals surface area (Å²) in [6.45, 7) is 3.95. The van der Waals surface area contributed by atoms with E-state index in [1.807, 2.05) is 32.0 Å². The smallest absolute Gasteiger partial charge is 0.278 e. The molecule has 1 aliphatic heterocycles. The fraction of sp³-hybridized carbons (Fsp3) is 0.154. The Hall–Kier alpha value is -3.93. The van der Waals surface area contributed by atoms with E-state index in [9.17, 15) is 14.0 Å². The van der Waals surface area contributed by atoms with Crippen molar-refractivity contribution in [3.8, 4) is 5.75 Å². The quantitative estimate of drug-likeness (QED) is 0.569. The molecule has 1 heterocycles. The van der Waals surface area contributed by atoms with Gasteiger partial charge in [-0.15, -0.1) is 0 Å². The van der Waals surface area contributed by atoms with E-state index in [4.69, 9.17) is 4.74 Å². The van der Waals surface area contributed by atoms with Gasteiger partial charge in [-0.2, -0.15) is 0 Å². The zero-order chi connectivity index (χ0) is 22.8. The summed E-state index contributed by atoms with van der Waals surface area (Å²) in [7, 11) is 1.58. The standard InChI is InChI=1S/C26H23FN2O3/c1-16-4-13-22(17(2)14-16)23-24(28-20-9-11-21(32-3)12-10-20)26(31)29(25(23)30)15-18-5-7-19(27)8-6-18/h4-14,28H,15H2,1-3H3. The minimum Gasteiger partial charge on any atom is -0.497 e. The molecule has 2 amide bonds. The number of anilines is 1. The summed E-state index contributed by atoms with van der Waals surface area (Å²) in [5.41, 5.74) is 4.54. The van der Waals surface area contributed by atoms with Crippen LogP contribution in [0.15, 0.2) is 72.4 Å². The van der Waals surface area contributed by atoms with Crippen LogP contribution in [0.1, 0.15) is 22.3 Å². The second-order valence-electron chi connectivity index (χ2n) is 7.74. The summed E-state index contributed by atoms with van der Waals surface area (Å²) >= 11 is 0. The number of hydrogen-bond donors (Lipinski definition) is 1. The highest BCUT2D eigenvalue weighted by atomic mass is 19.1. The molecule has 6 heteroatoms. The fourth-order valence-electron chi connectivity index (χ4n) is 3.77. The predicted molar refractivity (Wildman–Crippen MR) is 121 cm³/mol. The van der Waals surface area contributed by atoms with Crippen LogP contribution in [0.3, 0.4) is 0 Å². The van der Waals surface area contributed by atoms with Crippen LogP contribution in [0, 0.1) is 19.7 Å². The number of nitrogens with one attached hydrogen (secondary N) is 1. The van der Waals surface area contributed by atoms with Gasteiger partial charge in [-0.05, 0) is 66.9 Å². The third-order valence-corrected chi connectivity index (χ3v) is 5.43. The summed E-state index contributed by atoms with van der Waals surface area (Å²) in [5.74, 6) is -0.498. The van der Waals surface area contributed by atoms with Crippen molar-refractivity contribution >= 4 is 23.1 Å². The van der Waals surface area contributed by atoms with Crippen LogP contribution in [0.2, 0.25) is 0 Å². The minimum absolute atomic E-state index is 0.0557. The van der Waals surface area contributed by atoms with Gasteiger partial charge in [0.25, 0.3) is 11.8 Å². The second kappa shape index (κ2) is 8.67. The van der Waals surface area contributed by atoms with Crippen LogP contribution in [0.25, 0.3) is 5.57 Å². The van der Waals surface area contributed by atoms with Crippen molar-refractivity contribution in [3.05, 3.63) is 100 Å². The number of hydrogen-bond acceptors (Lipinski definition) is 4. The van der Waals surface area contributed by atoms with Gasteiger partial charge in [-0.25, -0.2) is 4.39 Å². The molecular formula is C26H23FN2O3. The van der Waals surface area contributed by atoms with E-state index in [0.29, 0.717) is 28.1 Å². The van der Waals surface area contributed by atoms with Crippen LogP contribution in [-0.2, 0) is 16.1 Å². The van der Waals surface area contributed by atoms with Crippen molar-refractivity contribution < 1.29 is 18.7 Å². The van der Waals surface area contributed by atoms with Crippen molar-refractivity contribution in [2.45, 2.75) is 20.4 Å². The number of benzene rings is 3. The van der Waals surface area contributed by atoms with Crippen molar-refractivity contribution in [1.82, 2.24) is 4.90 Å². The van der Waals surface area contributed by atoms with E-state index in [1.54, 1.807) is 43.5 Å². The Balaban J connectivity index is 1.75. The summed E-state index contributed by atoms with van der Waals surface area (Å²) in [5, 5.41) is 3.14. The molecule has 0 spiro atoms. The molecule has 4 rings (SSSR count). The Labute approximate surface area is 186 Å². The van der Waals surface area contributed by atoms with E-state index >= 15 is 0 Å². The molecule has 0 fully saturated rings. The first-order chi connectivity index (χ1) is 15.4. The summed E-state index contributed by atoms with van der Waals surface area (Å²) in [4.78, 5) is 28.0. The molecule has 0 radical (unpaired) electrons. The average Bonchev–Trinajstić information content (AvgIpc) is 3.00. The predicted octanol–water partition coefficient (Wildman–Crippen LogP) is 4.84. The van der Waals surface area contributed by atoms with Gasteiger partial charge >= 0.3 is 0 Å². The first-order valence-electron chi connectivity index (χ1n) is 10.2. The lowest BCUT2D eigenvalue weighted by Crippen LogP contribution is -2.32. The van der Waals surface area contributed by atoms with E-state index in [2.05, 4.69) is 5.32 Å². The number of amides is 2. The molecule has 0 bridgehead atoms. The maximum Gasteiger partial charge on any atom is 0.278 e. The van der Waals surface area contributed by atoms with Gasteiger partial charge in [-0.1, -0.05) is 35.9 Å². The van der Waals surface area contributed by atoms with Gasteiger partial charge in [0.1, 0.15) is 17.3 Å². The Morgan fingerprint density at radius 3 is 2.22 bits per heavy atom. The number of ether oxygens (including phenoxy) is 1. The first-order valence-corrected chi connectivity index (χ1v) is 10.2. The van der Waals surface area contributed by atoms with Crippen LogP contribution in [0.5, 0.6) is 5.75 Å². The highest BCUT2D eigenvalue weighted by Gasteiger charge is 2.39. The van der Waals surface area contributed by atoms with Crippen molar-refractivity contribution in [2.75, 3.05) is 12.4 Å². The molecular weight excluding hydrogens is 407 g/mol. The second-order valence-corrected chi connectivity index (χ2v) is 7.74. The molecule has 0 unspecified atom stereocenters. The molecule has 0 aromatic heterocycles. The zero-order valence-electron chi connectivity index (χ0n) is 18.1. The largest absolute Gasteiger partial charge is 0.497 e. The normalized spacial score (nSPS) is 13.7. The molecule has 1 aliphatic rings. The van der Waals surface area contributed by atoms with Gasteiger partial charge in [0.2, 0.25) is 0 Å². The molecule has 3 aromatic rings. The number of imide groups is 1. The number of carbonyl (C=O) groups excluding carboxylic acids is 2. The summed E-state index contributed by atoms with van der Waals surface area (Å²) in [6.07, 6.45) is 0. The average molecular weight is 430 g/mol. The number of halogens is 1. The van der Waals surface area contributed by atoms with E-state index in [-0.39, 0.29) is 24.0 Å². The van der Waals surface area contributed by atoms with Gasteiger partial charge in [0.05, 0.1) is 19.2 Å². The summed E-state index contributed by atoms with van der Waals surface area (Å²) in [6, 6.07) is 18.6. The lowest BCUT2D eigenvalue weighted by atomic mass is 9.97. The molecule has 0 atom stereocenters. The monoisotopic (exact) mass is 430 g/mol. The Bertz CT molecular complexity index is 1210. The van der Waals surface area contributed by atoms with Gasteiger partial charge in [0, 0.05) is 5.69 Å². The van der Waals surface area contributed by atoms with Gasteiger partial charge in [0.15, 0.2) is 0 Å². The SMILES string of the molecule is COc1ccc(NC2=C(c3ccc(C)cc3C)C(=O)N(Cc3ccc(F)cc3)C2=O)cc1. The number of methoxy groups -OCH3 is 1. The van der Waals surface area contributed by atoms with Crippen LogP contribution in [0.4, 0.5) is 10.1 Å². The molecule has 162 valence electrons. The lowest BCUT2D eigenvalue weighted by Gasteiger charge is -2.15. The molecule has 32 heavy (non-hydrogen) atoms. The highest BCUT2D eigenvalue weighted by Crippen LogP contribution is 2.33. The molecule has 0 saturated heterocycles. The maximum atomic E-state index is 13.4. The van der Waals surface area contributed by atoms with Crippen molar-refractivity contribution in [2.24, 2.45) is 0 Å². The molecule has 1 N–H and O–H groups in total. The van der Waals surface area contributed by atoms with Crippen molar-refractivity contribution in [3.63, 3.8) is 0 Å². The molecule has 0 saturated carbocycles. The molecule has 3 aromatic carbocycles. The van der Waals surface area contributed by atoms with E-state index in [0.717, 1.165) is 11.1 Å². The fourth-order valence-corrected chi connectivity index (χ4v) is 3.77. The number of aryl methyl sites for hydroxylation is 2. The topological polar surface area (TPSA) is 58.6 Å². The van der Waals surface area contributed by atoms with Gasteiger partial charge in [-0.3, -0.25) is 14.5 Å². The van der Waals surface area contributed by atoms with Gasteiger partial charge < -0.3 is 10.1 Å². The number of carbonyl (C=O) groups is 2. The molecule has 0 aliphatic carbocycles. The molecule has 5 nitrogen and oxygen atoms in total. The third kappa shape index (κ3) is 4.12. The van der Waals surface area contributed by atoms with E-state index in [1.165, 1.54) is 17.0 Å². The number of rotatable bonds is 6. The van der Waals surface area contributed by atoms with Crippen molar-refractivity contribution in [1.29, 1.82) is 0 Å². The van der Waals surface area contributed by atoms with Crippen LogP contribution >= 0.6 is 0 Å². The summed E-state index contributed by atoms with van der Waals surface area (Å²) < 4.78 is 18.5. The van der Waals surface area contributed by atoms with Crippen LogP contribution in [-0.4, -0.2) is 23.8 Å². The minimum atomic E-state index is -0.426. The Morgan fingerprint density at radius 1 is 0.906 bits per heavy atom. The van der Waals surface area contributed by atoms with Crippen LogP contribution < -0.4 is 10.1 Å². The lowest BCUT2D eigenvalue weighted by molar-refractivity contribution is -0.137. The maximum absolute atomic E-state index is 13.4. The zero-order valence-corrected chi connectivity index (χ0v) is 18.1. The Morgan fingerprint density at radius 2 is 1.59 bits per heavy atom. The Kier molecular flexibility index (Phi) is 5.77. The first kappa shape index (κ1) is 21.3. The number of nitrogens with zero attached hydrogens (tertiary/aromatic N) is 1. The highest BCUT2D eigenvalue weighted by molar-refractivity contribution is 6.36. The van der Waals surface area contributed by atoms with E-state index < -0.39 is 5.91 Å². The third-order valence-electron chi connectivity index (χ3n) is 5.43.